The lowest BCUT2D eigenvalue weighted by atomic mass is 10.1. The highest BCUT2D eigenvalue weighted by Crippen LogP contribution is 2.22. The summed E-state index contributed by atoms with van der Waals surface area (Å²) in [7, 11) is 3.78. The van der Waals surface area contributed by atoms with Crippen molar-refractivity contribution < 1.29 is 4.79 Å². The highest BCUT2D eigenvalue weighted by Gasteiger charge is 2.25. The van der Waals surface area contributed by atoms with E-state index >= 15 is 0 Å². The first-order chi connectivity index (χ1) is 15.3. The summed E-state index contributed by atoms with van der Waals surface area (Å²) in [6.45, 7) is 2.48. The number of nitrogens with zero attached hydrogens (tertiary/aromatic N) is 3. The van der Waals surface area contributed by atoms with Crippen LogP contribution in [0, 0.1) is 0 Å². The van der Waals surface area contributed by atoms with Gasteiger partial charge >= 0.3 is 5.69 Å². The molecular weight excluding hydrogens is 406 g/mol. The normalized spacial score (nSPS) is 10.7. The van der Waals surface area contributed by atoms with Crippen molar-refractivity contribution in [2.24, 2.45) is 0 Å². The molecule has 8 nitrogen and oxygen atoms in total. The molecule has 0 radical (unpaired) electrons. The van der Waals surface area contributed by atoms with Crippen LogP contribution in [0.1, 0.15) is 35.7 Å². The second kappa shape index (κ2) is 10.00. The van der Waals surface area contributed by atoms with Gasteiger partial charge in [0.1, 0.15) is 5.82 Å². The number of aromatic amines is 1. The number of nitrogen functional groups attached to an aromatic ring is 1. The monoisotopic (exact) mass is 435 g/mol. The zero-order chi connectivity index (χ0) is 23.3. The van der Waals surface area contributed by atoms with Gasteiger partial charge in [0.2, 0.25) is 0 Å². The van der Waals surface area contributed by atoms with Crippen molar-refractivity contribution in [2.45, 2.75) is 26.3 Å². The summed E-state index contributed by atoms with van der Waals surface area (Å²) in [6.07, 6.45) is 1.50. The van der Waals surface area contributed by atoms with Gasteiger partial charge in [0.15, 0.2) is 5.69 Å². The fourth-order valence-electron chi connectivity index (χ4n) is 3.47. The quantitative estimate of drug-likeness (QED) is 0.566. The van der Waals surface area contributed by atoms with E-state index in [-0.39, 0.29) is 24.0 Å². The van der Waals surface area contributed by atoms with Crippen LogP contribution in [0.15, 0.2) is 64.2 Å². The molecule has 0 spiro atoms. The minimum atomic E-state index is -0.676. The molecule has 0 fully saturated rings. The Morgan fingerprint density at radius 2 is 1.78 bits per heavy atom. The second-order valence-corrected chi connectivity index (χ2v) is 7.82. The summed E-state index contributed by atoms with van der Waals surface area (Å²) >= 11 is 0. The Kier molecular flexibility index (Phi) is 7.14. The molecule has 0 aliphatic carbocycles. The van der Waals surface area contributed by atoms with Gasteiger partial charge in [-0.3, -0.25) is 19.1 Å². The van der Waals surface area contributed by atoms with Crippen LogP contribution in [0.25, 0.3) is 0 Å². The summed E-state index contributed by atoms with van der Waals surface area (Å²) in [5.41, 5.74) is 7.20. The van der Waals surface area contributed by atoms with Gasteiger partial charge in [-0.25, -0.2) is 4.79 Å². The topological polar surface area (TPSA) is 104 Å². The van der Waals surface area contributed by atoms with E-state index in [0.717, 1.165) is 17.7 Å². The molecule has 1 heterocycles. The molecule has 0 bridgehead atoms. The molecule has 8 heteroatoms. The minimum absolute atomic E-state index is 0.00534. The van der Waals surface area contributed by atoms with Gasteiger partial charge in [-0.15, -0.1) is 0 Å². The third-order valence-electron chi connectivity index (χ3n) is 5.26. The summed E-state index contributed by atoms with van der Waals surface area (Å²) in [4.78, 5) is 44.5. The third kappa shape index (κ3) is 4.91. The fraction of sp³-hybridized carbons (Fsp3) is 0.292. The highest BCUT2D eigenvalue weighted by molar-refractivity contribution is 6.07. The molecule has 0 unspecified atom stereocenters. The Bertz CT molecular complexity index is 1200. The SMILES string of the molecule is CCCCN(C(=O)c1cccc(N(C)C)c1)c1c(N)n(Cc2ccccc2)c(=O)[nH]c1=O. The van der Waals surface area contributed by atoms with Gasteiger partial charge < -0.3 is 15.5 Å². The zero-order valence-electron chi connectivity index (χ0n) is 18.7. The molecule has 32 heavy (non-hydrogen) atoms. The number of hydrogen-bond donors (Lipinski definition) is 2. The number of hydrogen-bond acceptors (Lipinski definition) is 5. The smallest absolute Gasteiger partial charge is 0.330 e. The molecule has 0 saturated carbocycles. The van der Waals surface area contributed by atoms with Crippen LogP contribution in [0.5, 0.6) is 0 Å². The summed E-state index contributed by atoms with van der Waals surface area (Å²) in [5, 5.41) is 0. The Labute approximate surface area is 186 Å². The first-order valence-corrected chi connectivity index (χ1v) is 10.6. The molecule has 1 amide bonds. The average Bonchev–Trinajstić information content (AvgIpc) is 2.79. The van der Waals surface area contributed by atoms with Crippen LogP contribution in [0.3, 0.4) is 0 Å². The fourth-order valence-corrected chi connectivity index (χ4v) is 3.47. The van der Waals surface area contributed by atoms with Crippen molar-refractivity contribution in [3.05, 3.63) is 86.6 Å². The maximum absolute atomic E-state index is 13.5. The van der Waals surface area contributed by atoms with Crippen LogP contribution in [-0.2, 0) is 6.54 Å². The Morgan fingerprint density at radius 1 is 1.06 bits per heavy atom. The van der Waals surface area contributed by atoms with Crippen LogP contribution in [0.2, 0.25) is 0 Å². The number of unbranched alkanes of at least 4 members (excludes halogenated alkanes) is 1. The van der Waals surface area contributed by atoms with Crippen molar-refractivity contribution in [1.82, 2.24) is 9.55 Å². The number of amides is 1. The number of anilines is 3. The number of carbonyl (C=O) groups excluding carboxylic acids is 1. The van der Waals surface area contributed by atoms with Crippen molar-refractivity contribution in [2.75, 3.05) is 36.2 Å². The molecule has 3 aromatic rings. The van der Waals surface area contributed by atoms with Gasteiger partial charge in [-0.2, -0.15) is 0 Å². The number of benzene rings is 2. The van der Waals surface area contributed by atoms with Crippen LogP contribution >= 0.6 is 0 Å². The predicted molar refractivity (Wildman–Crippen MR) is 129 cm³/mol. The van der Waals surface area contributed by atoms with E-state index in [1.165, 1.54) is 9.47 Å². The van der Waals surface area contributed by atoms with E-state index in [2.05, 4.69) is 4.98 Å². The Balaban J connectivity index is 2.10. The van der Waals surface area contributed by atoms with Crippen molar-refractivity contribution in [1.29, 1.82) is 0 Å². The van der Waals surface area contributed by atoms with Gasteiger partial charge in [0.05, 0.1) is 6.54 Å². The predicted octanol–water partition coefficient (Wildman–Crippen LogP) is 2.68. The number of aromatic nitrogens is 2. The molecule has 3 rings (SSSR count). The lowest BCUT2D eigenvalue weighted by Gasteiger charge is -2.25. The molecule has 168 valence electrons. The van der Waals surface area contributed by atoms with Gasteiger partial charge in [-0.1, -0.05) is 49.7 Å². The van der Waals surface area contributed by atoms with Crippen LogP contribution < -0.4 is 26.8 Å². The molecular formula is C24H29N5O3. The number of rotatable bonds is 8. The van der Waals surface area contributed by atoms with E-state index in [1.54, 1.807) is 18.2 Å². The van der Waals surface area contributed by atoms with E-state index < -0.39 is 11.2 Å². The number of H-pyrrole nitrogens is 1. The average molecular weight is 436 g/mol. The van der Waals surface area contributed by atoms with E-state index in [4.69, 9.17) is 5.73 Å². The van der Waals surface area contributed by atoms with Crippen LogP contribution in [0.4, 0.5) is 17.2 Å². The van der Waals surface area contributed by atoms with Crippen molar-refractivity contribution in [3.63, 3.8) is 0 Å². The summed E-state index contributed by atoms with van der Waals surface area (Å²) < 4.78 is 1.29. The van der Waals surface area contributed by atoms with Gasteiger partial charge in [0, 0.05) is 31.9 Å². The van der Waals surface area contributed by atoms with Crippen molar-refractivity contribution >= 4 is 23.1 Å². The molecule has 0 aliphatic rings. The molecule has 2 aromatic carbocycles. The maximum atomic E-state index is 13.5. The largest absolute Gasteiger partial charge is 0.383 e. The van der Waals surface area contributed by atoms with E-state index in [9.17, 15) is 14.4 Å². The molecule has 1 aromatic heterocycles. The minimum Gasteiger partial charge on any atom is -0.383 e. The lowest BCUT2D eigenvalue weighted by molar-refractivity contribution is 0.0986. The number of nitrogens with one attached hydrogen (secondary N) is 1. The second-order valence-electron chi connectivity index (χ2n) is 7.82. The Morgan fingerprint density at radius 3 is 2.44 bits per heavy atom. The zero-order valence-corrected chi connectivity index (χ0v) is 18.7. The number of nitrogens with two attached hydrogens (primary N) is 1. The lowest BCUT2D eigenvalue weighted by Crippen LogP contribution is -2.41. The summed E-state index contributed by atoms with van der Waals surface area (Å²) in [6, 6.07) is 16.5. The van der Waals surface area contributed by atoms with Crippen LogP contribution in [-0.4, -0.2) is 36.1 Å². The number of carbonyl (C=O) groups is 1. The summed E-state index contributed by atoms with van der Waals surface area (Å²) in [5.74, 6) is -0.375. The first kappa shape index (κ1) is 22.9. The third-order valence-corrected chi connectivity index (χ3v) is 5.26. The van der Waals surface area contributed by atoms with Gasteiger partial charge in [0.25, 0.3) is 11.5 Å². The highest BCUT2D eigenvalue weighted by atomic mass is 16.2. The van der Waals surface area contributed by atoms with Crippen molar-refractivity contribution in [3.8, 4) is 0 Å². The Hall–Kier alpha value is -3.81. The van der Waals surface area contributed by atoms with E-state index in [0.29, 0.717) is 18.5 Å². The molecule has 0 aliphatic heterocycles. The first-order valence-electron chi connectivity index (χ1n) is 10.6. The van der Waals surface area contributed by atoms with E-state index in [1.807, 2.05) is 62.3 Å². The molecule has 0 atom stereocenters. The molecule has 3 N–H and O–H groups in total. The molecule has 0 saturated heterocycles. The maximum Gasteiger partial charge on any atom is 0.330 e. The van der Waals surface area contributed by atoms with Gasteiger partial charge in [-0.05, 0) is 30.2 Å². The standard InChI is InChI=1S/C24H29N5O3/c1-4-5-14-28(23(31)18-12-9-13-19(15-18)27(2)3)20-21(25)29(24(32)26-22(20)30)16-17-10-7-6-8-11-17/h6-13,15H,4-5,14,16,25H2,1-3H3,(H,26,30,32).